The van der Waals surface area contributed by atoms with Gasteiger partial charge in [0.25, 0.3) is 5.91 Å². The van der Waals surface area contributed by atoms with E-state index in [2.05, 4.69) is 0 Å². The molecule has 0 bridgehead atoms. The van der Waals surface area contributed by atoms with Crippen molar-refractivity contribution in [2.24, 2.45) is 5.84 Å². The highest BCUT2D eigenvalue weighted by molar-refractivity contribution is 6.30. The molecule has 17 heavy (non-hydrogen) atoms. The van der Waals surface area contributed by atoms with Crippen molar-refractivity contribution in [3.8, 4) is 0 Å². The van der Waals surface area contributed by atoms with Crippen LogP contribution in [0.2, 0.25) is 5.02 Å². The maximum Gasteiger partial charge on any atom is 0.258 e. The fourth-order valence-corrected chi connectivity index (χ4v) is 1.48. The van der Waals surface area contributed by atoms with Gasteiger partial charge in [-0.25, -0.2) is 10.9 Å². The van der Waals surface area contributed by atoms with Crippen LogP contribution in [-0.4, -0.2) is 22.7 Å². The first kappa shape index (κ1) is 14.0. The number of rotatable bonds is 4. The molecule has 0 aliphatic rings. The zero-order valence-corrected chi connectivity index (χ0v) is 10.5. The van der Waals surface area contributed by atoms with Crippen molar-refractivity contribution >= 4 is 35.0 Å². The zero-order chi connectivity index (χ0) is 12.8. The Morgan fingerprint density at radius 3 is 2.29 bits per heavy atom. The van der Waals surface area contributed by atoms with Crippen molar-refractivity contribution < 1.29 is 9.59 Å². The van der Waals surface area contributed by atoms with Gasteiger partial charge >= 0.3 is 0 Å². The maximum atomic E-state index is 11.5. The van der Waals surface area contributed by atoms with E-state index in [9.17, 15) is 9.59 Å². The number of amides is 2. The van der Waals surface area contributed by atoms with Gasteiger partial charge in [-0.15, -0.1) is 11.6 Å². The Morgan fingerprint density at radius 1 is 1.18 bits per heavy atom. The predicted molar refractivity (Wildman–Crippen MR) is 66.5 cm³/mol. The van der Waals surface area contributed by atoms with Crippen molar-refractivity contribution in [1.29, 1.82) is 0 Å². The molecule has 0 saturated carbocycles. The van der Waals surface area contributed by atoms with E-state index >= 15 is 0 Å². The second-order valence-corrected chi connectivity index (χ2v) is 4.12. The summed E-state index contributed by atoms with van der Waals surface area (Å²) in [6.45, 7) is 0. The number of benzene rings is 1. The quantitative estimate of drug-likeness (QED) is 0.394. The van der Waals surface area contributed by atoms with Gasteiger partial charge in [-0.1, -0.05) is 23.7 Å². The van der Waals surface area contributed by atoms with Crippen molar-refractivity contribution in [2.45, 2.75) is 12.8 Å². The number of hydrogen-bond donors (Lipinski definition) is 1. The van der Waals surface area contributed by atoms with Gasteiger partial charge in [0.15, 0.2) is 0 Å². The molecule has 0 aliphatic heterocycles. The lowest BCUT2D eigenvalue weighted by Crippen LogP contribution is -2.43. The summed E-state index contributed by atoms with van der Waals surface area (Å²) in [4.78, 5) is 22.5. The summed E-state index contributed by atoms with van der Waals surface area (Å²) in [6.07, 6.45) is 0.653. The van der Waals surface area contributed by atoms with Crippen LogP contribution >= 0.6 is 23.2 Å². The van der Waals surface area contributed by atoms with Crippen LogP contribution in [0.5, 0.6) is 0 Å². The lowest BCUT2D eigenvalue weighted by Gasteiger charge is -2.12. The molecule has 1 aromatic rings. The zero-order valence-electron chi connectivity index (χ0n) is 9.03. The molecule has 92 valence electrons. The molecule has 0 aromatic heterocycles. The van der Waals surface area contributed by atoms with Crippen molar-refractivity contribution in [3.05, 3.63) is 34.9 Å². The van der Waals surface area contributed by atoms with Gasteiger partial charge in [0.05, 0.1) is 0 Å². The SMILES string of the molecule is NN(C(=O)CCl)C(=O)CCc1ccc(Cl)cc1. The Balaban J connectivity index is 2.48. The Hall–Kier alpha value is -1.10. The molecular formula is C11H12Cl2N2O2. The third-order valence-corrected chi connectivity index (χ3v) is 2.67. The van der Waals surface area contributed by atoms with E-state index in [1.54, 1.807) is 12.1 Å². The van der Waals surface area contributed by atoms with Gasteiger partial charge in [0.2, 0.25) is 5.91 Å². The van der Waals surface area contributed by atoms with Crippen LogP contribution in [0.15, 0.2) is 24.3 Å². The average molecular weight is 275 g/mol. The summed E-state index contributed by atoms with van der Waals surface area (Å²) < 4.78 is 0. The number of aryl methyl sites for hydroxylation is 1. The van der Waals surface area contributed by atoms with Crippen molar-refractivity contribution in [1.82, 2.24) is 5.01 Å². The van der Waals surface area contributed by atoms with Crippen LogP contribution in [0.4, 0.5) is 0 Å². The van der Waals surface area contributed by atoms with Gasteiger partial charge in [-0.3, -0.25) is 9.59 Å². The molecule has 6 heteroatoms. The van der Waals surface area contributed by atoms with Crippen LogP contribution < -0.4 is 5.84 Å². The Bertz CT molecular complexity index is 406. The topological polar surface area (TPSA) is 63.4 Å². The van der Waals surface area contributed by atoms with E-state index < -0.39 is 11.8 Å². The Morgan fingerprint density at radius 2 is 1.76 bits per heavy atom. The molecule has 0 radical (unpaired) electrons. The predicted octanol–water partition coefficient (Wildman–Crippen LogP) is 1.74. The fourth-order valence-electron chi connectivity index (χ4n) is 1.23. The molecule has 0 atom stereocenters. The summed E-state index contributed by atoms with van der Waals surface area (Å²) in [5.74, 6) is 3.93. The van der Waals surface area contributed by atoms with Crippen LogP contribution in [0.3, 0.4) is 0 Å². The normalized spacial score (nSPS) is 10.1. The van der Waals surface area contributed by atoms with Gasteiger partial charge in [0, 0.05) is 11.4 Å². The van der Waals surface area contributed by atoms with Gasteiger partial charge < -0.3 is 0 Å². The molecule has 0 aliphatic carbocycles. The number of hydrazine groups is 1. The molecule has 2 amide bonds. The summed E-state index contributed by atoms with van der Waals surface area (Å²) in [5.41, 5.74) is 0.953. The lowest BCUT2D eigenvalue weighted by atomic mass is 10.1. The number of alkyl halides is 1. The molecule has 4 nitrogen and oxygen atoms in total. The number of imide groups is 1. The summed E-state index contributed by atoms with van der Waals surface area (Å²) >= 11 is 11.0. The number of hydrogen-bond acceptors (Lipinski definition) is 3. The van der Waals surface area contributed by atoms with Gasteiger partial charge in [-0.05, 0) is 24.1 Å². The van der Waals surface area contributed by atoms with Crippen LogP contribution in [-0.2, 0) is 16.0 Å². The number of nitrogens with zero attached hydrogens (tertiary/aromatic N) is 1. The second-order valence-electron chi connectivity index (χ2n) is 3.42. The number of carbonyl (C=O) groups is 2. The monoisotopic (exact) mass is 274 g/mol. The maximum absolute atomic E-state index is 11.5. The smallest absolute Gasteiger partial charge is 0.258 e. The Kier molecular flexibility index (Phi) is 5.41. The van der Waals surface area contributed by atoms with Gasteiger partial charge in [-0.2, -0.15) is 0 Å². The first-order chi connectivity index (χ1) is 8.04. The molecule has 0 fully saturated rings. The highest BCUT2D eigenvalue weighted by Gasteiger charge is 2.16. The largest absolute Gasteiger partial charge is 0.273 e. The third-order valence-electron chi connectivity index (χ3n) is 2.19. The van der Waals surface area contributed by atoms with Crippen molar-refractivity contribution in [3.63, 3.8) is 0 Å². The van der Waals surface area contributed by atoms with E-state index in [0.29, 0.717) is 16.5 Å². The van der Waals surface area contributed by atoms with Crippen molar-refractivity contribution in [2.75, 3.05) is 5.88 Å². The minimum absolute atomic E-state index is 0.154. The van der Waals surface area contributed by atoms with E-state index in [4.69, 9.17) is 29.0 Å². The van der Waals surface area contributed by atoms with Crippen LogP contribution in [0, 0.1) is 0 Å². The van der Waals surface area contributed by atoms with E-state index in [1.165, 1.54) is 0 Å². The number of nitrogens with two attached hydrogens (primary N) is 1. The number of carbonyl (C=O) groups excluding carboxylic acids is 2. The summed E-state index contributed by atoms with van der Waals surface area (Å²) in [5, 5.41) is 1.20. The van der Waals surface area contributed by atoms with Gasteiger partial charge in [0.1, 0.15) is 5.88 Å². The summed E-state index contributed by atoms with van der Waals surface area (Å²) in [7, 11) is 0. The molecule has 0 saturated heterocycles. The molecular weight excluding hydrogens is 263 g/mol. The first-order valence-corrected chi connectivity index (χ1v) is 5.86. The van der Waals surface area contributed by atoms with E-state index in [1.807, 2.05) is 12.1 Å². The average Bonchev–Trinajstić information content (AvgIpc) is 2.35. The van der Waals surface area contributed by atoms with E-state index in [0.717, 1.165) is 5.56 Å². The molecule has 0 spiro atoms. The molecule has 2 N–H and O–H groups in total. The Labute approximate surface area is 109 Å². The minimum atomic E-state index is -0.604. The third kappa shape index (κ3) is 4.34. The lowest BCUT2D eigenvalue weighted by molar-refractivity contribution is -0.143. The first-order valence-electron chi connectivity index (χ1n) is 4.95. The minimum Gasteiger partial charge on any atom is -0.273 e. The molecule has 1 aromatic carbocycles. The number of halogens is 2. The van der Waals surface area contributed by atoms with Crippen LogP contribution in [0.25, 0.3) is 0 Å². The van der Waals surface area contributed by atoms with Crippen LogP contribution in [0.1, 0.15) is 12.0 Å². The highest BCUT2D eigenvalue weighted by Crippen LogP contribution is 2.11. The van der Waals surface area contributed by atoms with E-state index in [-0.39, 0.29) is 12.3 Å². The molecule has 0 heterocycles. The highest BCUT2D eigenvalue weighted by atomic mass is 35.5. The molecule has 0 unspecified atom stereocenters. The summed E-state index contributed by atoms with van der Waals surface area (Å²) in [6, 6.07) is 7.12. The molecule has 1 rings (SSSR count). The fraction of sp³-hybridized carbons (Fsp3) is 0.273. The second kappa shape index (κ2) is 6.59. The standard InChI is InChI=1S/C11H12Cl2N2O2/c12-7-11(17)15(14)10(16)6-3-8-1-4-9(13)5-2-8/h1-2,4-5H,3,6-7,14H2.